The van der Waals surface area contributed by atoms with E-state index in [1.165, 1.54) is 7.11 Å². The van der Waals surface area contributed by atoms with Crippen molar-refractivity contribution in [3.05, 3.63) is 28.6 Å². The van der Waals surface area contributed by atoms with E-state index in [1.54, 1.807) is 25.3 Å². The second kappa shape index (κ2) is 4.89. The van der Waals surface area contributed by atoms with Gasteiger partial charge >= 0.3 is 0 Å². The molecule has 0 saturated heterocycles. The van der Waals surface area contributed by atoms with Crippen LogP contribution in [0, 0.1) is 0 Å². The number of hydrogen-bond donors (Lipinski definition) is 3. The van der Waals surface area contributed by atoms with Gasteiger partial charge in [-0.2, -0.15) is 0 Å². The highest BCUT2D eigenvalue weighted by molar-refractivity contribution is 5.65. The fourth-order valence-electron chi connectivity index (χ4n) is 1.62. The first-order valence-corrected chi connectivity index (χ1v) is 5.44. The Labute approximate surface area is 109 Å². The van der Waals surface area contributed by atoms with Gasteiger partial charge < -0.3 is 25.9 Å². The first kappa shape index (κ1) is 12.7. The molecule has 1 aromatic heterocycles. The van der Waals surface area contributed by atoms with Crippen molar-refractivity contribution in [1.82, 2.24) is 9.97 Å². The summed E-state index contributed by atoms with van der Waals surface area (Å²) < 4.78 is 10.3. The van der Waals surface area contributed by atoms with Crippen molar-refractivity contribution < 1.29 is 9.47 Å². The number of nitrogens with two attached hydrogens (primary N) is 2. The molecule has 2 rings (SSSR count). The lowest BCUT2D eigenvalue weighted by molar-refractivity contribution is 0.355. The molecule has 0 aliphatic heterocycles. The Kier molecular flexibility index (Phi) is 3.28. The zero-order valence-corrected chi connectivity index (χ0v) is 10.6. The number of aromatic nitrogens is 2. The summed E-state index contributed by atoms with van der Waals surface area (Å²) in [6, 6.07) is 5.13. The van der Waals surface area contributed by atoms with E-state index in [0.717, 1.165) is 0 Å². The van der Waals surface area contributed by atoms with E-state index in [-0.39, 0.29) is 11.5 Å². The lowest BCUT2D eigenvalue weighted by atomic mass is 10.2. The van der Waals surface area contributed by atoms with Gasteiger partial charge in [0.05, 0.1) is 14.2 Å². The predicted molar refractivity (Wildman–Crippen MR) is 72.2 cm³/mol. The SMILES string of the molecule is COc1ccc(-c2nc(N)c(N)c(=O)[nH]2)cc1OC. The fourth-order valence-corrected chi connectivity index (χ4v) is 1.62. The standard InChI is InChI=1S/C12H14N4O3/c1-18-7-4-3-6(5-8(7)19-2)11-15-10(14)9(13)12(17)16-11/h3-5H,13H2,1-2H3,(H3,14,15,16,17). The number of aromatic amines is 1. The summed E-state index contributed by atoms with van der Waals surface area (Å²) >= 11 is 0. The van der Waals surface area contributed by atoms with Gasteiger partial charge in [-0.25, -0.2) is 4.98 Å². The van der Waals surface area contributed by atoms with E-state index in [9.17, 15) is 4.79 Å². The highest BCUT2D eigenvalue weighted by Crippen LogP contribution is 2.31. The van der Waals surface area contributed by atoms with E-state index < -0.39 is 5.56 Å². The average molecular weight is 262 g/mol. The van der Waals surface area contributed by atoms with Crippen LogP contribution in [0.2, 0.25) is 0 Å². The molecule has 0 radical (unpaired) electrons. The van der Waals surface area contributed by atoms with Crippen LogP contribution in [0.25, 0.3) is 11.4 Å². The van der Waals surface area contributed by atoms with Crippen molar-refractivity contribution in [2.75, 3.05) is 25.7 Å². The van der Waals surface area contributed by atoms with Gasteiger partial charge in [0.15, 0.2) is 17.3 Å². The van der Waals surface area contributed by atoms with Crippen molar-refractivity contribution in [1.29, 1.82) is 0 Å². The Morgan fingerprint density at radius 2 is 1.84 bits per heavy atom. The number of ether oxygens (including phenoxy) is 2. The third-order valence-electron chi connectivity index (χ3n) is 2.64. The molecule has 0 bridgehead atoms. The van der Waals surface area contributed by atoms with Crippen LogP contribution < -0.4 is 26.5 Å². The van der Waals surface area contributed by atoms with Crippen LogP contribution in [-0.2, 0) is 0 Å². The van der Waals surface area contributed by atoms with Gasteiger partial charge in [0, 0.05) is 5.56 Å². The molecular weight excluding hydrogens is 248 g/mol. The minimum atomic E-state index is -0.475. The highest BCUT2D eigenvalue weighted by atomic mass is 16.5. The maximum absolute atomic E-state index is 11.6. The summed E-state index contributed by atoms with van der Waals surface area (Å²) in [5.74, 6) is 1.42. The number of nitrogens with zero attached hydrogens (tertiary/aromatic N) is 1. The zero-order chi connectivity index (χ0) is 14.0. The van der Waals surface area contributed by atoms with Crippen LogP contribution in [0.1, 0.15) is 0 Å². The number of methoxy groups -OCH3 is 2. The number of hydrogen-bond acceptors (Lipinski definition) is 6. The van der Waals surface area contributed by atoms with Crippen molar-refractivity contribution >= 4 is 11.5 Å². The molecule has 0 atom stereocenters. The lowest BCUT2D eigenvalue weighted by Gasteiger charge is -2.09. The topological polar surface area (TPSA) is 116 Å². The molecule has 1 aromatic carbocycles. The molecule has 1 heterocycles. The monoisotopic (exact) mass is 262 g/mol. The second-order valence-corrected chi connectivity index (χ2v) is 3.78. The number of H-pyrrole nitrogens is 1. The molecule has 100 valence electrons. The molecule has 0 spiro atoms. The summed E-state index contributed by atoms with van der Waals surface area (Å²) in [5, 5.41) is 0. The Morgan fingerprint density at radius 1 is 1.16 bits per heavy atom. The molecule has 19 heavy (non-hydrogen) atoms. The summed E-state index contributed by atoms with van der Waals surface area (Å²) in [6.07, 6.45) is 0. The smallest absolute Gasteiger partial charge is 0.276 e. The van der Waals surface area contributed by atoms with Crippen molar-refractivity contribution in [2.45, 2.75) is 0 Å². The molecule has 0 amide bonds. The first-order valence-electron chi connectivity index (χ1n) is 5.44. The Morgan fingerprint density at radius 3 is 2.42 bits per heavy atom. The molecule has 0 fully saturated rings. The third-order valence-corrected chi connectivity index (χ3v) is 2.64. The van der Waals surface area contributed by atoms with E-state index in [1.807, 2.05) is 0 Å². The molecule has 0 saturated carbocycles. The maximum Gasteiger partial charge on any atom is 0.276 e. The normalized spacial score (nSPS) is 10.2. The van der Waals surface area contributed by atoms with Gasteiger partial charge in [-0.05, 0) is 18.2 Å². The Balaban J connectivity index is 2.56. The molecule has 5 N–H and O–H groups in total. The van der Waals surface area contributed by atoms with Gasteiger partial charge in [-0.1, -0.05) is 0 Å². The molecule has 0 aliphatic rings. The Hall–Kier alpha value is -2.70. The quantitative estimate of drug-likeness (QED) is 0.746. The molecule has 7 heteroatoms. The lowest BCUT2D eigenvalue weighted by Crippen LogP contribution is -2.17. The molecule has 7 nitrogen and oxygen atoms in total. The molecule has 0 aliphatic carbocycles. The number of benzene rings is 1. The van der Waals surface area contributed by atoms with E-state index in [2.05, 4.69) is 9.97 Å². The van der Waals surface area contributed by atoms with Crippen LogP contribution in [0.15, 0.2) is 23.0 Å². The van der Waals surface area contributed by atoms with Gasteiger partial charge in [-0.15, -0.1) is 0 Å². The number of nitrogen functional groups attached to an aromatic ring is 2. The maximum atomic E-state index is 11.6. The molecular formula is C12H14N4O3. The van der Waals surface area contributed by atoms with E-state index >= 15 is 0 Å². The number of anilines is 2. The summed E-state index contributed by atoms with van der Waals surface area (Å²) in [6.45, 7) is 0. The van der Waals surface area contributed by atoms with E-state index in [4.69, 9.17) is 20.9 Å². The van der Waals surface area contributed by atoms with Crippen LogP contribution in [0.4, 0.5) is 11.5 Å². The van der Waals surface area contributed by atoms with Crippen molar-refractivity contribution in [3.8, 4) is 22.9 Å². The average Bonchev–Trinajstić information content (AvgIpc) is 2.43. The number of rotatable bonds is 3. The van der Waals surface area contributed by atoms with Crippen LogP contribution in [0.5, 0.6) is 11.5 Å². The summed E-state index contributed by atoms with van der Waals surface area (Å²) in [4.78, 5) is 18.1. The fraction of sp³-hybridized carbons (Fsp3) is 0.167. The first-order chi connectivity index (χ1) is 9.06. The minimum Gasteiger partial charge on any atom is -0.493 e. The second-order valence-electron chi connectivity index (χ2n) is 3.78. The molecule has 2 aromatic rings. The molecule has 0 unspecified atom stereocenters. The van der Waals surface area contributed by atoms with Crippen LogP contribution >= 0.6 is 0 Å². The number of nitrogens with one attached hydrogen (secondary N) is 1. The van der Waals surface area contributed by atoms with E-state index in [0.29, 0.717) is 22.9 Å². The van der Waals surface area contributed by atoms with Crippen molar-refractivity contribution in [3.63, 3.8) is 0 Å². The third kappa shape index (κ3) is 2.30. The largest absolute Gasteiger partial charge is 0.493 e. The van der Waals surface area contributed by atoms with Gasteiger partial charge in [0.25, 0.3) is 5.56 Å². The van der Waals surface area contributed by atoms with Gasteiger partial charge in [-0.3, -0.25) is 4.79 Å². The Bertz CT molecular complexity index is 667. The van der Waals surface area contributed by atoms with Crippen LogP contribution in [0.3, 0.4) is 0 Å². The summed E-state index contributed by atoms with van der Waals surface area (Å²) in [7, 11) is 3.06. The minimum absolute atomic E-state index is 0.00599. The predicted octanol–water partition coefficient (Wildman–Crippen LogP) is 0.619. The van der Waals surface area contributed by atoms with Crippen molar-refractivity contribution in [2.24, 2.45) is 0 Å². The van der Waals surface area contributed by atoms with Gasteiger partial charge in [0.1, 0.15) is 11.5 Å². The summed E-state index contributed by atoms with van der Waals surface area (Å²) in [5.41, 5.74) is 11.1. The van der Waals surface area contributed by atoms with Gasteiger partial charge in [0.2, 0.25) is 0 Å². The highest BCUT2D eigenvalue weighted by Gasteiger charge is 2.10. The van der Waals surface area contributed by atoms with Crippen LogP contribution in [-0.4, -0.2) is 24.2 Å². The zero-order valence-electron chi connectivity index (χ0n) is 10.6.